The van der Waals surface area contributed by atoms with E-state index in [0.29, 0.717) is 5.15 Å². The van der Waals surface area contributed by atoms with Crippen molar-refractivity contribution in [1.82, 2.24) is 9.97 Å². The normalized spacial score (nSPS) is 15.6. The Hall–Kier alpha value is -1.81. The molecule has 2 aromatic rings. The van der Waals surface area contributed by atoms with Gasteiger partial charge in [-0.25, -0.2) is 9.97 Å². The first-order chi connectivity index (χ1) is 9.33. The van der Waals surface area contributed by atoms with Crippen LogP contribution in [0.4, 0.5) is 11.5 Å². The van der Waals surface area contributed by atoms with Crippen LogP contribution in [0.2, 0.25) is 5.15 Å². The van der Waals surface area contributed by atoms with Gasteiger partial charge in [-0.2, -0.15) is 0 Å². The molecule has 0 saturated carbocycles. The summed E-state index contributed by atoms with van der Waals surface area (Å²) in [4.78, 5) is 12.8. The molecular weight excluding hydrogens is 260 g/mol. The maximum Gasteiger partial charge on any atom is 0.134 e. The lowest BCUT2D eigenvalue weighted by Gasteiger charge is -2.36. The average molecular weight is 275 g/mol. The third-order valence-corrected chi connectivity index (χ3v) is 3.55. The van der Waals surface area contributed by atoms with Crippen LogP contribution >= 0.6 is 11.6 Å². The summed E-state index contributed by atoms with van der Waals surface area (Å²) in [5.74, 6) is 0.910. The SMILES string of the molecule is Clc1cc(N2CCN(c3ccccc3)CC2)ncn1. The molecule has 5 heteroatoms. The van der Waals surface area contributed by atoms with E-state index in [0.717, 1.165) is 32.0 Å². The second kappa shape index (κ2) is 5.45. The Labute approximate surface area is 117 Å². The van der Waals surface area contributed by atoms with Crippen molar-refractivity contribution in [3.63, 3.8) is 0 Å². The Morgan fingerprint density at radius 2 is 1.58 bits per heavy atom. The number of nitrogens with zero attached hydrogens (tertiary/aromatic N) is 4. The van der Waals surface area contributed by atoms with Gasteiger partial charge in [-0.15, -0.1) is 0 Å². The van der Waals surface area contributed by atoms with Gasteiger partial charge >= 0.3 is 0 Å². The van der Waals surface area contributed by atoms with Crippen molar-refractivity contribution in [3.8, 4) is 0 Å². The summed E-state index contributed by atoms with van der Waals surface area (Å²) in [7, 11) is 0. The molecule has 1 aromatic heterocycles. The van der Waals surface area contributed by atoms with Crippen molar-refractivity contribution in [2.45, 2.75) is 0 Å². The molecule has 1 aliphatic rings. The predicted molar refractivity (Wildman–Crippen MR) is 77.9 cm³/mol. The quantitative estimate of drug-likeness (QED) is 0.788. The molecule has 0 aliphatic carbocycles. The van der Waals surface area contributed by atoms with Gasteiger partial charge < -0.3 is 9.80 Å². The molecule has 0 spiro atoms. The number of rotatable bonds is 2. The fraction of sp³-hybridized carbons (Fsp3) is 0.286. The predicted octanol–water partition coefficient (Wildman–Crippen LogP) is 2.46. The first kappa shape index (κ1) is 12.2. The lowest BCUT2D eigenvalue weighted by Crippen LogP contribution is -2.46. The van der Waals surface area contributed by atoms with Crippen LogP contribution in [0.15, 0.2) is 42.7 Å². The van der Waals surface area contributed by atoms with E-state index in [9.17, 15) is 0 Å². The van der Waals surface area contributed by atoms with Crippen LogP contribution in [0.25, 0.3) is 0 Å². The van der Waals surface area contributed by atoms with Gasteiger partial charge in [-0.3, -0.25) is 0 Å². The summed E-state index contributed by atoms with van der Waals surface area (Å²) in [6, 6.07) is 12.3. The van der Waals surface area contributed by atoms with Crippen molar-refractivity contribution >= 4 is 23.1 Å². The smallest absolute Gasteiger partial charge is 0.134 e. The van der Waals surface area contributed by atoms with Crippen molar-refractivity contribution in [2.24, 2.45) is 0 Å². The molecule has 19 heavy (non-hydrogen) atoms. The summed E-state index contributed by atoms with van der Waals surface area (Å²) < 4.78 is 0. The highest BCUT2D eigenvalue weighted by molar-refractivity contribution is 6.29. The lowest BCUT2D eigenvalue weighted by molar-refractivity contribution is 0.647. The molecule has 0 amide bonds. The molecule has 0 unspecified atom stereocenters. The van der Waals surface area contributed by atoms with Crippen LogP contribution in [0.3, 0.4) is 0 Å². The average Bonchev–Trinajstić information content (AvgIpc) is 2.48. The van der Waals surface area contributed by atoms with Crippen LogP contribution in [-0.2, 0) is 0 Å². The van der Waals surface area contributed by atoms with Crippen molar-refractivity contribution in [3.05, 3.63) is 47.9 Å². The molecule has 3 rings (SSSR count). The third-order valence-electron chi connectivity index (χ3n) is 3.34. The van der Waals surface area contributed by atoms with Gasteiger partial charge in [-0.05, 0) is 12.1 Å². The maximum atomic E-state index is 5.90. The van der Waals surface area contributed by atoms with Crippen LogP contribution in [0.5, 0.6) is 0 Å². The summed E-state index contributed by atoms with van der Waals surface area (Å²) in [6.45, 7) is 3.88. The van der Waals surface area contributed by atoms with Gasteiger partial charge in [0, 0.05) is 37.9 Å². The molecule has 1 fully saturated rings. The van der Waals surface area contributed by atoms with E-state index in [1.165, 1.54) is 12.0 Å². The van der Waals surface area contributed by atoms with E-state index in [1.54, 1.807) is 0 Å². The molecule has 1 aliphatic heterocycles. The van der Waals surface area contributed by atoms with Gasteiger partial charge in [0.05, 0.1) is 0 Å². The Morgan fingerprint density at radius 3 is 2.26 bits per heavy atom. The second-order valence-electron chi connectivity index (χ2n) is 4.51. The minimum Gasteiger partial charge on any atom is -0.368 e. The van der Waals surface area contributed by atoms with Crippen LogP contribution in [0, 0.1) is 0 Å². The maximum absolute atomic E-state index is 5.90. The number of anilines is 2. The minimum atomic E-state index is 0.496. The first-order valence-electron chi connectivity index (χ1n) is 6.35. The fourth-order valence-corrected chi connectivity index (χ4v) is 2.47. The number of para-hydroxylation sites is 1. The Balaban J connectivity index is 1.67. The van der Waals surface area contributed by atoms with E-state index in [1.807, 2.05) is 12.1 Å². The summed E-state index contributed by atoms with van der Waals surface area (Å²) in [6.07, 6.45) is 1.52. The number of hydrogen-bond donors (Lipinski definition) is 0. The highest BCUT2D eigenvalue weighted by atomic mass is 35.5. The molecule has 98 valence electrons. The van der Waals surface area contributed by atoms with E-state index < -0.39 is 0 Å². The summed E-state index contributed by atoms with van der Waals surface area (Å²) in [5, 5.41) is 0.496. The van der Waals surface area contributed by atoms with Gasteiger partial charge in [-0.1, -0.05) is 29.8 Å². The number of aromatic nitrogens is 2. The summed E-state index contributed by atoms with van der Waals surface area (Å²) in [5.41, 5.74) is 1.28. The third kappa shape index (κ3) is 2.79. The van der Waals surface area contributed by atoms with Crippen molar-refractivity contribution < 1.29 is 0 Å². The van der Waals surface area contributed by atoms with Crippen LogP contribution in [-0.4, -0.2) is 36.1 Å². The zero-order valence-corrected chi connectivity index (χ0v) is 11.3. The van der Waals surface area contributed by atoms with E-state index >= 15 is 0 Å². The topological polar surface area (TPSA) is 32.3 Å². The number of halogens is 1. The second-order valence-corrected chi connectivity index (χ2v) is 4.90. The molecule has 1 saturated heterocycles. The minimum absolute atomic E-state index is 0.496. The molecular formula is C14H15ClN4. The van der Waals surface area contributed by atoms with Crippen molar-refractivity contribution in [1.29, 1.82) is 0 Å². The Kier molecular flexibility index (Phi) is 3.51. The van der Waals surface area contributed by atoms with E-state index in [2.05, 4.69) is 44.0 Å². The van der Waals surface area contributed by atoms with Gasteiger partial charge in [0.25, 0.3) is 0 Å². The van der Waals surface area contributed by atoms with Gasteiger partial charge in [0.2, 0.25) is 0 Å². The molecule has 1 aromatic carbocycles. The highest BCUT2D eigenvalue weighted by Gasteiger charge is 2.18. The number of benzene rings is 1. The fourth-order valence-electron chi connectivity index (χ4n) is 2.33. The Morgan fingerprint density at radius 1 is 0.895 bits per heavy atom. The molecule has 0 bridgehead atoms. The molecule has 0 radical (unpaired) electrons. The number of piperazine rings is 1. The van der Waals surface area contributed by atoms with Gasteiger partial charge in [0.1, 0.15) is 17.3 Å². The monoisotopic (exact) mass is 274 g/mol. The van der Waals surface area contributed by atoms with E-state index in [4.69, 9.17) is 11.6 Å². The van der Waals surface area contributed by atoms with Gasteiger partial charge in [0.15, 0.2) is 0 Å². The number of hydrogen-bond acceptors (Lipinski definition) is 4. The molecule has 0 atom stereocenters. The van der Waals surface area contributed by atoms with Crippen LogP contribution in [0.1, 0.15) is 0 Å². The van der Waals surface area contributed by atoms with Crippen molar-refractivity contribution in [2.75, 3.05) is 36.0 Å². The first-order valence-corrected chi connectivity index (χ1v) is 6.73. The molecule has 2 heterocycles. The standard InChI is InChI=1S/C14H15ClN4/c15-13-10-14(17-11-16-13)19-8-6-18(7-9-19)12-4-2-1-3-5-12/h1-5,10-11H,6-9H2. The largest absolute Gasteiger partial charge is 0.368 e. The summed E-state index contributed by atoms with van der Waals surface area (Å²) >= 11 is 5.90. The molecule has 0 N–H and O–H groups in total. The molecule has 4 nitrogen and oxygen atoms in total. The Bertz CT molecular complexity index is 538. The highest BCUT2D eigenvalue weighted by Crippen LogP contribution is 2.19. The van der Waals surface area contributed by atoms with E-state index in [-0.39, 0.29) is 0 Å². The van der Waals surface area contributed by atoms with Crippen LogP contribution < -0.4 is 9.80 Å². The lowest BCUT2D eigenvalue weighted by atomic mass is 10.2. The zero-order valence-electron chi connectivity index (χ0n) is 10.5. The zero-order chi connectivity index (χ0) is 13.1.